The molecule has 0 N–H and O–H groups in total. The first-order chi connectivity index (χ1) is 11.1. The van der Waals surface area contributed by atoms with Gasteiger partial charge in [0.15, 0.2) is 0 Å². The van der Waals surface area contributed by atoms with Crippen LogP contribution >= 0.6 is 0 Å². The van der Waals surface area contributed by atoms with E-state index in [1.807, 2.05) is 19.1 Å². The molecule has 1 aliphatic rings. The highest BCUT2D eigenvalue weighted by atomic mass is 32.2. The Labute approximate surface area is 147 Å². The van der Waals surface area contributed by atoms with Gasteiger partial charge in [-0.1, -0.05) is 32.9 Å². The van der Waals surface area contributed by atoms with E-state index in [0.717, 1.165) is 24.8 Å². The van der Waals surface area contributed by atoms with Gasteiger partial charge in [0.05, 0.1) is 10.5 Å². The van der Waals surface area contributed by atoms with Crippen LogP contribution in [-0.4, -0.2) is 38.0 Å². The lowest BCUT2D eigenvalue weighted by molar-refractivity contribution is -0.0338. The highest BCUT2D eigenvalue weighted by molar-refractivity contribution is 7.89. The van der Waals surface area contributed by atoms with Crippen LogP contribution in [-0.2, 0) is 20.2 Å². The first-order valence-electron chi connectivity index (χ1n) is 8.83. The average Bonchev–Trinajstić information content (AvgIpc) is 2.69. The van der Waals surface area contributed by atoms with Crippen LogP contribution in [0.1, 0.15) is 59.4 Å². The molecule has 5 heteroatoms. The SMILES string of the molecule is CCOC1(C)CCCN(S(=O)(=O)c2ccc(C(C)(C)C)cc2)CC1. The van der Waals surface area contributed by atoms with Crippen molar-refractivity contribution in [1.82, 2.24) is 4.31 Å². The summed E-state index contributed by atoms with van der Waals surface area (Å²) in [7, 11) is -3.43. The maximum absolute atomic E-state index is 13.0. The largest absolute Gasteiger partial charge is 0.376 e. The quantitative estimate of drug-likeness (QED) is 0.823. The summed E-state index contributed by atoms with van der Waals surface area (Å²) in [5.41, 5.74) is 0.945. The lowest BCUT2D eigenvalue weighted by Crippen LogP contribution is -2.34. The molecule has 24 heavy (non-hydrogen) atoms. The molecule has 0 bridgehead atoms. The second-order valence-corrected chi connectivity index (χ2v) is 9.85. The second kappa shape index (κ2) is 7.14. The molecule has 4 nitrogen and oxygen atoms in total. The monoisotopic (exact) mass is 353 g/mol. The Morgan fingerprint density at radius 1 is 1.12 bits per heavy atom. The highest BCUT2D eigenvalue weighted by Crippen LogP contribution is 2.29. The second-order valence-electron chi connectivity index (χ2n) is 7.91. The fourth-order valence-corrected chi connectivity index (χ4v) is 4.72. The van der Waals surface area contributed by atoms with Crippen molar-refractivity contribution in [2.24, 2.45) is 0 Å². The van der Waals surface area contributed by atoms with Gasteiger partial charge in [0.25, 0.3) is 0 Å². The molecule has 1 aromatic carbocycles. The van der Waals surface area contributed by atoms with Crippen LogP contribution in [0.3, 0.4) is 0 Å². The molecule has 1 fully saturated rings. The zero-order valence-corrected chi connectivity index (χ0v) is 16.4. The van der Waals surface area contributed by atoms with Crippen molar-refractivity contribution in [3.05, 3.63) is 29.8 Å². The van der Waals surface area contributed by atoms with Crippen LogP contribution in [0.2, 0.25) is 0 Å². The first kappa shape index (κ1) is 19.4. The molecule has 1 saturated heterocycles. The van der Waals surface area contributed by atoms with Crippen molar-refractivity contribution in [2.75, 3.05) is 19.7 Å². The van der Waals surface area contributed by atoms with Crippen LogP contribution in [0.25, 0.3) is 0 Å². The standard InChI is InChI=1S/C19H31NO3S/c1-6-23-19(5)12-7-14-20(15-13-19)24(21,22)17-10-8-16(9-11-17)18(2,3)4/h8-11H,6-7,12-15H2,1-5H3. The van der Waals surface area contributed by atoms with Gasteiger partial charge in [-0.25, -0.2) is 8.42 Å². The van der Waals surface area contributed by atoms with E-state index in [1.165, 1.54) is 0 Å². The number of sulfonamides is 1. The van der Waals surface area contributed by atoms with Crippen LogP contribution < -0.4 is 0 Å². The number of rotatable bonds is 4. The van der Waals surface area contributed by atoms with Gasteiger partial charge in [-0.2, -0.15) is 4.31 Å². The van der Waals surface area contributed by atoms with Gasteiger partial charge in [0.2, 0.25) is 10.0 Å². The number of hydrogen-bond donors (Lipinski definition) is 0. The molecule has 1 atom stereocenters. The molecular weight excluding hydrogens is 322 g/mol. The third-order valence-electron chi connectivity index (χ3n) is 4.85. The molecule has 0 saturated carbocycles. The van der Waals surface area contributed by atoms with Crippen molar-refractivity contribution in [3.8, 4) is 0 Å². The van der Waals surface area contributed by atoms with E-state index in [1.54, 1.807) is 16.4 Å². The average molecular weight is 354 g/mol. The smallest absolute Gasteiger partial charge is 0.243 e. The van der Waals surface area contributed by atoms with Gasteiger partial charge >= 0.3 is 0 Å². The Morgan fingerprint density at radius 2 is 1.75 bits per heavy atom. The van der Waals surface area contributed by atoms with Crippen LogP contribution in [0.5, 0.6) is 0 Å². The molecule has 0 spiro atoms. The summed E-state index contributed by atoms with van der Waals surface area (Å²) in [5, 5.41) is 0. The van der Waals surface area contributed by atoms with E-state index in [9.17, 15) is 8.42 Å². The van der Waals surface area contributed by atoms with Crippen LogP contribution in [0.15, 0.2) is 29.2 Å². The van der Waals surface area contributed by atoms with Crippen LogP contribution in [0.4, 0.5) is 0 Å². The van der Waals surface area contributed by atoms with Crippen LogP contribution in [0, 0.1) is 0 Å². The number of ether oxygens (including phenoxy) is 1. The van der Waals surface area contributed by atoms with Gasteiger partial charge in [0, 0.05) is 19.7 Å². The van der Waals surface area contributed by atoms with Gasteiger partial charge < -0.3 is 4.74 Å². The minimum atomic E-state index is -3.43. The predicted molar refractivity (Wildman–Crippen MR) is 97.8 cm³/mol. The van der Waals surface area contributed by atoms with Crippen molar-refractivity contribution in [3.63, 3.8) is 0 Å². The lowest BCUT2D eigenvalue weighted by Gasteiger charge is -2.28. The molecule has 1 heterocycles. The summed E-state index contributed by atoms with van der Waals surface area (Å²) in [6.45, 7) is 12.2. The van der Waals surface area contributed by atoms with E-state index in [-0.39, 0.29) is 11.0 Å². The van der Waals surface area contributed by atoms with Gasteiger partial charge in [-0.15, -0.1) is 0 Å². The van der Waals surface area contributed by atoms with E-state index in [2.05, 4.69) is 27.7 Å². The minimum Gasteiger partial charge on any atom is -0.376 e. The van der Waals surface area contributed by atoms with Gasteiger partial charge in [-0.3, -0.25) is 0 Å². The normalized spacial score (nSPS) is 23.9. The van der Waals surface area contributed by atoms with E-state index < -0.39 is 10.0 Å². The number of nitrogens with zero attached hydrogens (tertiary/aromatic N) is 1. The number of hydrogen-bond acceptors (Lipinski definition) is 3. The van der Waals surface area contributed by atoms with Gasteiger partial charge in [-0.05, 0) is 56.2 Å². The zero-order chi connectivity index (χ0) is 18.0. The third-order valence-corrected chi connectivity index (χ3v) is 6.77. The molecule has 0 aliphatic carbocycles. The van der Waals surface area contributed by atoms with Crippen molar-refractivity contribution in [1.29, 1.82) is 0 Å². The summed E-state index contributed by atoms with van der Waals surface area (Å²) < 4.78 is 33.4. The summed E-state index contributed by atoms with van der Waals surface area (Å²) in [6.07, 6.45) is 2.46. The number of benzene rings is 1. The zero-order valence-electron chi connectivity index (χ0n) is 15.6. The lowest BCUT2D eigenvalue weighted by atomic mass is 9.87. The Balaban J connectivity index is 2.18. The molecule has 136 valence electrons. The maximum Gasteiger partial charge on any atom is 0.243 e. The minimum absolute atomic E-state index is 0.0181. The third kappa shape index (κ3) is 4.38. The highest BCUT2D eigenvalue weighted by Gasteiger charge is 2.33. The van der Waals surface area contributed by atoms with E-state index in [4.69, 9.17) is 4.74 Å². The summed E-state index contributed by atoms with van der Waals surface area (Å²) in [4.78, 5) is 0.385. The van der Waals surface area contributed by atoms with Gasteiger partial charge in [0.1, 0.15) is 0 Å². The summed E-state index contributed by atoms with van der Waals surface area (Å²) >= 11 is 0. The fraction of sp³-hybridized carbons (Fsp3) is 0.684. The summed E-state index contributed by atoms with van der Waals surface area (Å²) in [5.74, 6) is 0. The fourth-order valence-electron chi connectivity index (χ4n) is 3.24. The predicted octanol–water partition coefficient (Wildman–Crippen LogP) is 3.95. The molecule has 1 aromatic rings. The summed E-state index contributed by atoms with van der Waals surface area (Å²) in [6, 6.07) is 7.33. The van der Waals surface area contributed by atoms with Crippen molar-refractivity contribution >= 4 is 10.0 Å². The molecule has 1 unspecified atom stereocenters. The molecular formula is C19H31NO3S. The van der Waals surface area contributed by atoms with Crippen molar-refractivity contribution in [2.45, 2.75) is 69.8 Å². The molecule has 2 rings (SSSR count). The van der Waals surface area contributed by atoms with E-state index in [0.29, 0.717) is 24.6 Å². The Bertz CT molecular complexity index is 646. The topological polar surface area (TPSA) is 46.6 Å². The Hall–Kier alpha value is -0.910. The Morgan fingerprint density at radius 3 is 2.29 bits per heavy atom. The van der Waals surface area contributed by atoms with E-state index >= 15 is 0 Å². The molecule has 0 aromatic heterocycles. The maximum atomic E-state index is 13.0. The Kier molecular flexibility index (Phi) is 5.78. The van der Waals surface area contributed by atoms with Crippen molar-refractivity contribution < 1.29 is 13.2 Å². The molecule has 0 radical (unpaired) electrons. The first-order valence-corrected chi connectivity index (χ1v) is 10.3. The molecule has 1 aliphatic heterocycles. The molecule has 0 amide bonds.